The molecule has 0 bridgehead atoms. The van der Waals surface area contributed by atoms with Crippen LogP contribution in [0, 0.1) is 7.14 Å². The van der Waals surface area contributed by atoms with Gasteiger partial charge in [-0.3, -0.25) is 0 Å². The zero-order valence-electron chi connectivity index (χ0n) is 17.0. The van der Waals surface area contributed by atoms with Gasteiger partial charge in [-0.2, -0.15) is 0 Å². The van der Waals surface area contributed by atoms with Gasteiger partial charge in [-0.15, -0.1) is 0 Å². The molecule has 3 N–H and O–H groups in total. The SMILES string of the molecule is COc1ccc(S(=O)(=O)N[C@H](CO)Cc2cc(I)c(Oc3ccc(O)cc3)c(I)c2)cc1. The first-order chi connectivity index (χ1) is 15.2. The Morgan fingerprint density at radius 3 is 2.06 bits per heavy atom. The number of phenols is 1. The van der Waals surface area contributed by atoms with E-state index in [0.29, 0.717) is 23.7 Å². The molecular formula is C22H21I2NO6S. The Kier molecular flexibility index (Phi) is 8.61. The molecule has 3 aromatic rings. The summed E-state index contributed by atoms with van der Waals surface area (Å²) in [7, 11) is -2.30. The third kappa shape index (κ3) is 6.47. The van der Waals surface area contributed by atoms with Crippen molar-refractivity contribution in [3.05, 3.63) is 73.4 Å². The Labute approximate surface area is 214 Å². The molecule has 0 saturated heterocycles. The van der Waals surface area contributed by atoms with Gasteiger partial charge in [-0.25, -0.2) is 13.1 Å². The molecule has 7 nitrogen and oxygen atoms in total. The number of nitrogens with one attached hydrogen (secondary N) is 1. The quantitative estimate of drug-likeness (QED) is 0.292. The van der Waals surface area contributed by atoms with Crippen molar-refractivity contribution in [1.82, 2.24) is 4.72 Å². The van der Waals surface area contributed by atoms with Gasteiger partial charge in [0, 0.05) is 6.04 Å². The van der Waals surface area contributed by atoms with Gasteiger partial charge in [-0.1, -0.05) is 0 Å². The average Bonchev–Trinajstić information content (AvgIpc) is 2.77. The van der Waals surface area contributed by atoms with Crippen molar-refractivity contribution in [1.29, 1.82) is 0 Å². The molecule has 0 saturated carbocycles. The van der Waals surface area contributed by atoms with Gasteiger partial charge in [0.2, 0.25) is 10.0 Å². The average molecular weight is 681 g/mol. The first kappa shape index (κ1) is 25.0. The molecule has 10 heteroatoms. The van der Waals surface area contributed by atoms with Crippen molar-refractivity contribution in [2.24, 2.45) is 0 Å². The number of benzene rings is 3. The molecule has 0 fully saturated rings. The lowest BCUT2D eigenvalue weighted by Gasteiger charge is -2.18. The number of methoxy groups -OCH3 is 1. The molecule has 1 atom stereocenters. The van der Waals surface area contributed by atoms with Crippen molar-refractivity contribution < 1.29 is 28.1 Å². The fourth-order valence-electron chi connectivity index (χ4n) is 2.93. The number of ether oxygens (including phenoxy) is 2. The zero-order chi connectivity index (χ0) is 23.3. The minimum Gasteiger partial charge on any atom is -0.508 e. The highest BCUT2D eigenvalue weighted by Gasteiger charge is 2.21. The topological polar surface area (TPSA) is 105 Å². The second-order valence-corrected chi connectivity index (χ2v) is 10.9. The highest BCUT2D eigenvalue weighted by Crippen LogP contribution is 2.33. The molecule has 0 radical (unpaired) electrons. The number of hydrogen-bond donors (Lipinski definition) is 3. The summed E-state index contributed by atoms with van der Waals surface area (Å²) >= 11 is 4.31. The third-order valence-electron chi connectivity index (χ3n) is 4.51. The Hall–Kier alpha value is -1.61. The predicted octanol–water partition coefficient (Wildman–Crippen LogP) is 4.28. The molecular weight excluding hydrogens is 660 g/mol. The highest BCUT2D eigenvalue weighted by atomic mass is 127. The van der Waals surface area contributed by atoms with Crippen molar-refractivity contribution in [2.75, 3.05) is 13.7 Å². The number of halogens is 2. The normalized spacial score (nSPS) is 12.4. The Morgan fingerprint density at radius 1 is 0.969 bits per heavy atom. The summed E-state index contributed by atoms with van der Waals surface area (Å²) in [6, 6.07) is 15.6. The summed E-state index contributed by atoms with van der Waals surface area (Å²) in [5.74, 6) is 1.97. The molecule has 3 rings (SSSR count). The zero-order valence-corrected chi connectivity index (χ0v) is 22.1. The van der Waals surface area contributed by atoms with E-state index in [2.05, 4.69) is 49.9 Å². The largest absolute Gasteiger partial charge is 0.508 e. The van der Waals surface area contributed by atoms with Crippen LogP contribution in [-0.2, 0) is 16.4 Å². The number of sulfonamides is 1. The first-order valence-electron chi connectivity index (χ1n) is 9.44. The van der Waals surface area contributed by atoms with Gasteiger partial charge in [0.25, 0.3) is 0 Å². The van der Waals surface area contributed by atoms with Crippen molar-refractivity contribution >= 4 is 55.2 Å². The predicted molar refractivity (Wildman–Crippen MR) is 138 cm³/mol. The lowest BCUT2D eigenvalue weighted by atomic mass is 10.1. The first-order valence-corrected chi connectivity index (χ1v) is 13.1. The molecule has 0 aliphatic carbocycles. The minimum absolute atomic E-state index is 0.0959. The maximum Gasteiger partial charge on any atom is 0.240 e. The molecule has 0 aliphatic rings. The Morgan fingerprint density at radius 2 is 1.53 bits per heavy atom. The van der Waals surface area contributed by atoms with Crippen LogP contribution in [-0.4, -0.2) is 38.4 Å². The number of phenolic OH excluding ortho intramolecular Hbond substituents is 1. The van der Waals surface area contributed by atoms with Gasteiger partial charge >= 0.3 is 0 Å². The smallest absolute Gasteiger partial charge is 0.240 e. The van der Waals surface area contributed by atoms with E-state index in [9.17, 15) is 18.6 Å². The van der Waals surface area contributed by atoms with Crippen LogP contribution in [0.1, 0.15) is 5.56 Å². The van der Waals surface area contributed by atoms with E-state index < -0.39 is 16.1 Å². The molecule has 32 heavy (non-hydrogen) atoms. The Bertz CT molecular complexity index is 1150. The summed E-state index contributed by atoms with van der Waals surface area (Å²) < 4.78 is 40.7. The summed E-state index contributed by atoms with van der Waals surface area (Å²) in [4.78, 5) is 0.0959. The van der Waals surface area contributed by atoms with Gasteiger partial charge in [0.15, 0.2) is 5.75 Å². The number of rotatable bonds is 9. The highest BCUT2D eigenvalue weighted by molar-refractivity contribution is 14.1. The van der Waals surface area contributed by atoms with Crippen LogP contribution < -0.4 is 14.2 Å². The fourth-order valence-corrected chi connectivity index (χ4v) is 6.27. The van der Waals surface area contributed by atoms with Crippen LogP contribution in [0.3, 0.4) is 0 Å². The van der Waals surface area contributed by atoms with Crippen molar-refractivity contribution in [2.45, 2.75) is 17.4 Å². The third-order valence-corrected chi connectivity index (χ3v) is 7.65. The van der Waals surface area contributed by atoms with Crippen LogP contribution in [0.5, 0.6) is 23.0 Å². The molecule has 3 aromatic carbocycles. The molecule has 0 aromatic heterocycles. The summed E-state index contributed by atoms with van der Waals surface area (Å²) in [5.41, 5.74) is 0.855. The van der Waals surface area contributed by atoms with Gasteiger partial charge in [0.1, 0.15) is 17.2 Å². The molecule has 170 valence electrons. The summed E-state index contributed by atoms with van der Waals surface area (Å²) in [6.07, 6.45) is 0.303. The van der Waals surface area contributed by atoms with Gasteiger partial charge in [0.05, 0.1) is 25.8 Å². The number of aromatic hydroxyl groups is 1. The number of hydrogen-bond acceptors (Lipinski definition) is 6. The van der Waals surface area contributed by atoms with E-state index in [1.807, 2.05) is 12.1 Å². The maximum absolute atomic E-state index is 12.7. The van der Waals surface area contributed by atoms with Crippen LogP contribution in [0.25, 0.3) is 0 Å². The van der Waals surface area contributed by atoms with Crippen LogP contribution >= 0.6 is 45.2 Å². The van der Waals surface area contributed by atoms with E-state index in [0.717, 1.165) is 12.7 Å². The standard InChI is InChI=1S/C22H21I2NO6S/c1-30-17-6-8-19(9-7-17)32(28,29)25-15(13-26)10-14-11-20(23)22(21(24)12-14)31-18-4-2-16(27)3-5-18/h2-9,11-12,15,25-27H,10,13H2,1H3/t15-/m0/s1. The second kappa shape index (κ2) is 11.0. The molecule has 0 unspecified atom stereocenters. The van der Waals surface area contributed by atoms with Crippen LogP contribution in [0.15, 0.2) is 65.6 Å². The maximum atomic E-state index is 12.7. The second-order valence-electron chi connectivity index (χ2n) is 6.86. The van der Waals surface area contributed by atoms with Crippen molar-refractivity contribution in [3.8, 4) is 23.0 Å². The van der Waals surface area contributed by atoms with Crippen molar-refractivity contribution in [3.63, 3.8) is 0 Å². The van der Waals surface area contributed by atoms with E-state index in [1.165, 1.54) is 19.2 Å². The number of aliphatic hydroxyl groups is 1. The van der Waals surface area contributed by atoms with E-state index in [1.54, 1.807) is 36.4 Å². The summed E-state index contributed by atoms with van der Waals surface area (Å²) in [6.45, 7) is -0.353. The monoisotopic (exact) mass is 681 g/mol. The molecule has 0 heterocycles. The fraction of sp³-hybridized carbons (Fsp3) is 0.182. The Balaban J connectivity index is 1.74. The summed E-state index contributed by atoms with van der Waals surface area (Å²) in [5, 5.41) is 19.2. The number of aliphatic hydroxyl groups excluding tert-OH is 1. The lowest BCUT2D eigenvalue weighted by Crippen LogP contribution is -2.39. The molecule has 0 spiro atoms. The van der Waals surface area contributed by atoms with E-state index in [-0.39, 0.29) is 17.3 Å². The molecule has 0 aliphatic heterocycles. The van der Waals surface area contributed by atoms with Gasteiger partial charge < -0.3 is 19.7 Å². The minimum atomic E-state index is -3.80. The van der Waals surface area contributed by atoms with Crippen LogP contribution in [0.2, 0.25) is 0 Å². The lowest BCUT2D eigenvalue weighted by molar-refractivity contribution is 0.256. The molecule has 0 amide bonds. The van der Waals surface area contributed by atoms with Crippen LogP contribution in [0.4, 0.5) is 0 Å². The van der Waals surface area contributed by atoms with E-state index in [4.69, 9.17) is 9.47 Å². The van der Waals surface area contributed by atoms with E-state index >= 15 is 0 Å². The van der Waals surface area contributed by atoms with Gasteiger partial charge in [-0.05, 0) is 118 Å².